The third-order valence-corrected chi connectivity index (χ3v) is 5.30. The van der Waals surface area contributed by atoms with E-state index in [4.69, 9.17) is 18.9 Å². The number of rotatable bonds is 14. The maximum Gasteiger partial charge on any atom is 0.508 e. The first kappa shape index (κ1) is 25.6. The standard InChI is InChI=1S/C23H42O6/c1-4-26-22(24)28-20-16-12-13-17-21(20)29-23(25)27-18-14-10-8-6-5-7-9-11-15-19(2)3/h19-21H,4-18H2,1-3H3. The molecule has 2 unspecified atom stereocenters. The summed E-state index contributed by atoms with van der Waals surface area (Å²) in [7, 11) is 0. The Balaban J connectivity index is 2.04. The molecule has 0 aromatic carbocycles. The normalized spacial score (nSPS) is 19.0. The summed E-state index contributed by atoms with van der Waals surface area (Å²) in [5, 5.41) is 0. The van der Waals surface area contributed by atoms with Gasteiger partial charge in [-0.25, -0.2) is 9.59 Å². The van der Waals surface area contributed by atoms with Crippen LogP contribution in [0.1, 0.15) is 104 Å². The van der Waals surface area contributed by atoms with Crippen molar-refractivity contribution in [2.24, 2.45) is 5.92 Å². The van der Waals surface area contributed by atoms with Crippen molar-refractivity contribution in [3.8, 4) is 0 Å². The fraction of sp³-hybridized carbons (Fsp3) is 0.913. The van der Waals surface area contributed by atoms with E-state index in [1.807, 2.05) is 0 Å². The van der Waals surface area contributed by atoms with Crippen LogP contribution in [0.3, 0.4) is 0 Å². The van der Waals surface area contributed by atoms with Gasteiger partial charge in [-0.15, -0.1) is 0 Å². The molecule has 1 aliphatic rings. The van der Waals surface area contributed by atoms with E-state index in [0.717, 1.165) is 31.6 Å². The SMILES string of the molecule is CCOC(=O)OC1CCCCC1OC(=O)OCCCCCCCCCCC(C)C. The lowest BCUT2D eigenvalue weighted by molar-refractivity contribution is -0.0705. The molecule has 1 saturated carbocycles. The minimum absolute atomic E-state index is 0.261. The quantitative estimate of drug-likeness (QED) is 0.230. The summed E-state index contributed by atoms with van der Waals surface area (Å²) < 4.78 is 20.7. The van der Waals surface area contributed by atoms with Crippen molar-refractivity contribution in [3.63, 3.8) is 0 Å². The zero-order chi connectivity index (χ0) is 21.3. The van der Waals surface area contributed by atoms with Crippen molar-refractivity contribution in [1.29, 1.82) is 0 Å². The molecule has 1 rings (SSSR count). The van der Waals surface area contributed by atoms with Crippen LogP contribution in [0, 0.1) is 5.92 Å². The first-order valence-corrected chi connectivity index (χ1v) is 11.7. The third kappa shape index (κ3) is 13.4. The Kier molecular flexibility index (Phi) is 14.4. The predicted molar refractivity (Wildman–Crippen MR) is 113 cm³/mol. The van der Waals surface area contributed by atoms with Crippen LogP contribution in [0.25, 0.3) is 0 Å². The lowest BCUT2D eigenvalue weighted by Crippen LogP contribution is -2.38. The highest BCUT2D eigenvalue weighted by Crippen LogP contribution is 2.25. The van der Waals surface area contributed by atoms with Gasteiger partial charge >= 0.3 is 12.3 Å². The summed E-state index contributed by atoms with van der Waals surface area (Å²) in [6.07, 6.45) is 12.0. The van der Waals surface area contributed by atoms with Crippen LogP contribution in [0.15, 0.2) is 0 Å². The molecule has 6 nitrogen and oxygen atoms in total. The van der Waals surface area contributed by atoms with Crippen LogP contribution in [0.2, 0.25) is 0 Å². The second-order valence-corrected chi connectivity index (χ2v) is 8.39. The Labute approximate surface area is 177 Å². The molecule has 0 aromatic heterocycles. The molecule has 0 aromatic rings. The van der Waals surface area contributed by atoms with E-state index in [9.17, 15) is 9.59 Å². The van der Waals surface area contributed by atoms with Gasteiger partial charge in [-0.3, -0.25) is 0 Å². The Bertz CT molecular complexity index is 437. The van der Waals surface area contributed by atoms with E-state index in [0.29, 0.717) is 19.4 Å². The zero-order valence-electron chi connectivity index (χ0n) is 18.8. The molecule has 0 N–H and O–H groups in total. The van der Waals surface area contributed by atoms with E-state index < -0.39 is 24.5 Å². The Morgan fingerprint density at radius 1 is 0.759 bits per heavy atom. The lowest BCUT2D eigenvalue weighted by atomic mass is 9.95. The van der Waals surface area contributed by atoms with E-state index in [1.165, 1.54) is 44.9 Å². The van der Waals surface area contributed by atoms with Crippen LogP contribution < -0.4 is 0 Å². The number of hydrogen-bond donors (Lipinski definition) is 0. The average molecular weight is 415 g/mol. The first-order chi connectivity index (χ1) is 14.0. The van der Waals surface area contributed by atoms with Crippen molar-refractivity contribution in [3.05, 3.63) is 0 Å². The summed E-state index contributed by atoms with van der Waals surface area (Å²) in [4.78, 5) is 23.5. The molecular formula is C23H42O6. The first-order valence-electron chi connectivity index (χ1n) is 11.7. The maximum absolute atomic E-state index is 11.9. The number of unbranched alkanes of at least 4 members (excludes halogenated alkanes) is 7. The second kappa shape index (κ2) is 16.3. The third-order valence-electron chi connectivity index (χ3n) is 5.30. The molecule has 0 bridgehead atoms. The molecule has 0 amide bonds. The number of carbonyl (C=O) groups is 2. The van der Waals surface area contributed by atoms with Gasteiger partial charge in [-0.2, -0.15) is 0 Å². The van der Waals surface area contributed by atoms with E-state index in [2.05, 4.69) is 13.8 Å². The summed E-state index contributed by atoms with van der Waals surface area (Å²) in [6, 6.07) is 0. The molecule has 0 heterocycles. The van der Waals surface area contributed by atoms with Gasteiger partial charge in [0.1, 0.15) is 12.2 Å². The van der Waals surface area contributed by atoms with Gasteiger partial charge in [0.15, 0.2) is 0 Å². The van der Waals surface area contributed by atoms with Crippen LogP contribution >= 0.6 is 0 Å². The van der Waals surface area contributed by atoms with Crippen LogP contribution in [-0.4, -0.2) is 37.7 Å². The van der Waals surface area contributed by atoms with Crippen molar-refractivity contribution < 1.29 is 28.5 Å². The van der Waals surface area contributed by atoms with Crippen molar-refractivity contribution in [1.82, 2.24) is 0 Å². The van der Waals surface area contributed by atoms with Crippen molar-refractivity contribution >= 4 is 12.3 Å². The van der Waals surface area contributed by atoms with Gasteiger partial charge in [-0.1, -0.05) is 65.2 Å². The van der Waals surface area contributed by atoms with Crippen LogP contribution in [-0.2, 0) is 18.9 Å². The van der Waals surface area contributed by atoms with Gasteiger partial charge in [0.05, 0.1) is 13.2 Å². The average Bonchev–Trinajstić information content (AvgIpc) is 2.67. The molecule has 1 aliphatic carbocycles. The minimum atomic E-state index is -0.707. The van der Waals surface area contributed by atoms with E-state index in [-0.39, 0.29) is 6.61 Å². The summed E-state index contributed by atoms with van der Waals surface area (Å²) in [5.41, 5.74) is 0. The predicted octanol–water partition coefficient (Wildman–Crippen LogP) is 6.79. The summed E-state index contributed by atoms with van der Waals surface area (Å²) in [5.74, 6) is 0.816. The molecule has 1 fully saturated rings. The van der Waals surface area contributed by atoms with Gasteiger partial charge in [-0.05, 0) is 44.9 Å². The molecule has 0 spiro atoms. The number of carbonyl (C=O) groups excluding carboxylic acids is 2. The highest BCUT2D eigenvalue weighted by molar-refractivity contribution is 5.61. The van der Waals surface area contributed by atoms with Crippen molar-refractivity contribution in [2.45, 2.75) is 116 Å². The molecule has 29 heavy (non-hydrogen) atoms. The Hall–Kier alpha value is -1.46. The van der Waals surface area contributed by atoms with E-state index in [1.54, 1.807) is 6.92 Å². The fourth-order valence-electron chi connectivity index (χ4n) is 3.64. The van der Waals surface area contributed by atoms with Crippen LogP contribution in [0.4, 0.5) is 9.59 Å². The van der Waals surface area contributed by atoms with Gasteiger partial charge < -0.3 is 18.9 Å². The fourth-order valence-corrected chi connectivity index (χ4v) is 3.64. The Morgan fingerprint density at radius 2 is 1.24 bits per heavy atom. The van der Waals surface area contributed by atoms with Crippen molar-refractivity contribution in [2.75, 3.05) is 13.2 Å². The monoisotopic (exact) mass is 414 g/mol. The molecule has 6 heteroatoms. The second-order valence-electron chi connectivity index (χ2n) is 8.39. The molecule has 0 radical (unpaired) electrons. The highest BCUT2D eigenvalue weighted by Gasteiger charge is 2.32. The largest absolute Gasteiger partial charge is 0.508 e. The lowest BCUT2D eigenvalue weighted by Gasteiger charge is -2.29. The highest BCUT2D eigenvalue weighted by atomic mass is 16.8. The zero-order valence-corrected chi connectivity index (χ0v) is 18.8. The van der Waals surface area contributed by atoms with E-state index >= 15 is 0 Å². The number of ether oxygens (including phenoxy) is 4. The topological polar surface area (TPSA) is 71.1 Å². The smallest absolute Gasteiger partial charge is 0.435 e. The van der Waals surface area contributed by atoms with Gasteiger partial charge in [0.2, 0.25) is 0 Å². The maximum atomic E-state index is 11.9. The summed E-state index contributed by atoms with van der Waals surface area (Å²) in [6.45, 7) is 6.92. The molecule has 2 atom stereocenters. The van der Waals surface area contributed by atoms with Gasteiger partial charge in [0, 0.05) is 0 Å². The molecule has 0 saturated heterocycles. The van der Waals surface area contributed by atoms with Gasteiger partial charge in [0.25, 0.3) is 0 Å². The van der Waals surface area contributed by atoms with Crippen LogP contribution in [0.5, 0.6) is 0 Å². The number of hydrogen-bond acceptors (Lipinski definition) is 6. The minimum Gasteiger partial charge on any atom is -0.435 e. The Morgan fingerprint density at radius 3 is 1.76 bits per heavy atom. The molecule has 0 aliphatic heterocycles. The summed E-state index contributed by atoms with van der Waals surface area (Å²) >= 11 is 0. The molecule has 170 valence electrons. The molecular weight excluding hydrogens is 372 g/mol.